The Morgan fingerprint density at radius 2 is 1.43 bits per heavy atom. The fraction of sp³-hybridized carbons (Fsp3) is 0.250. The van der Waals surface area contributed by atoms with Crippen molar-refractivity contribution >= 4 is 70.3 Å². The zero-order valence-corrected chi connectivity index (χ0v) is 24.9. The summed E-state index contributed by atoms with van der Waals surface area (Å²) in [4.78, 5) is 41.3. The van der Waals surface area contributed by atoms with Crippen molar-refractivity contribution in [3.8, 4) is 5.75 Å². The number of hydrazine groups is 1. The molecule has 0 saturated heterocycles. The van der Waals surface area contributed by atoms with Crippen molar-refractivity contribution < 1.29 is 76.7 Å². The van der Waals surface area contributed by atoms with Crippen LogP contribution >= 0.6 is 58.0 Å². The zero-order chi connectivity index (χ0) is 25.6. The molecule has 0 atom stereocenters. The first-order chi connectivity index (χ1) is 14.8. The Bertz CT molecular complexity index is 1020. The molecule has 2 heterocycles. The maximum absolute atomic E-state index is 10.9. The first-order valence-electron chi connectivity index (χ1n) is 7.65. The summed E-state index contributed by atoms with van der Waals surface area (Å²) in [6.07, 6.45) is 2.60. The van der Waals surface area contributed by atoms with E-state index in [0.717, 1.165) is 15.6 Å². The molecule has 13 nitrogen and oxygen atoms in total. The molecular formula is C16H22Cl5KN6O7. The van der Waals surface area contributed by atoms with E-state index in [9.17, 15) is 19.2 Å². The van der Waals surface area contributed by atoms with Crippen LogP contribution in [0.3, 0.4) is 0 Å². The summed E-state index contributed by atoms with van der Waals surface area (Å²) < 4.78 is 2.16. The molecule has 0 spiro atoms. The van der Waals surface area contributed by atoms with Crippen LogP contribution in [0.1, 0.15) is 7.43 Å². The van der Waals surface area contributed by atoms with Gasteiger partial charge in [-0.1, -0.05) is 65.4 Å². The van der Waals surface area contributed by atoms with Gasteiger partial charge in [0.15, 0.2) is 17.1 Å². The largest absolute Gasteiger partial charge is 1.00 e. The molecule has 35 heavy (non-hydrogen) atoms. The summed E-state index contributed by atoms with van der Waals surface area (Å²) in [5.74, 6) is 2.90. The van der Waals surface area contributed by atoms with E-state index in [0.29, 0.717) is 0 Å². The molecule has 6 N–H and O–H groups in total. The molecular weight excluding hydrogens is 605 g/mol. The normalized spacial score (nSPS) is 9.29. The number of nitrogens with two attached hydrogens (primary N) is 1. The molecule has 0 saturated carbocycles. The zero-order valence-electron chi connectivity index (χ0n) is 18.0. The van der Waals surface area contributed by atoms with Crippen LogP contribution in [0, 0.1) is 0 Å². The average Bonchev–Trinajstić information content (AvgIpc) is 2.76. The molecule has 194 valence electrons. The Balaban J connectivity index is -0.000000117. The Labute approximate surface area is 267 Å². The van der Waals surface area contributed by atoms with Gasteiger partial charge in [0.1, 0.15) is 15.1 Å². The average molecular weight is 627 g/mol. The molecule has 19 heteroatoms. The predicted molar refractivity (Wildman–Crippen MR) is 130 cm³/mol. The Morgan fingerprint density at radius 3 is 1.71 bits per heavy atom. The van der Waals surface area contributed by atoms with Crippen LogP contribution in [0.2, 0.25) is 15.1 Å². The van der Waals surface area contributed by atoms with Gasteiger partial charge in [-0.2, -0.15) is 10.2 Å². The number of aromatic nitrogens is 4. The Kier molecular flexibility index (Phi) is 30.2. The Hall–Kier alpha value is -0.594. The third-order valence-corrected chi connectivity index (χ3v) is 4.44. The smallest absolute Gasteiger partial charge is 0.870 e. The molecule has 0 bridgehead atoms. The van der Waals surface area contributed by atoms with Crippen LogP contribution in [0.15, 0.2) is 32.0 Å². The Morgan fingerprint density at radius 1 is 1.06 bits per heavy atom. The number of aldehydes is 1. The molecule has 0 radical (unpaired) electrons. The summed E-state index contributed by atoms with van der Waals surface area (Å²) in [6, 6.07) is 0. The van der Waals surface area contributed by atoms with Crippen molar-refractivity contribution in [1.29, 1.82) is 0 Å². The number of halogens is 5. The van der Waals surface area contributed by atoms with Gasteiger partial charge in [0.25, 0.3) is 11.1 Å². The van der Waals surface area contributed by atoms with Crippen molar-refractivity contribution in [1.82, 2.24) is 25.0 Å². The van der Waals surface area contributed by atoms with Gasteiger partial charge < -0.3 is 15.7 Å². The molecule has 0 aliphatic carbocycles. The number of allylic oxidation sites excluding steroid dienone is 1. The number of aryl methyl sites for hydroxylation is 2. The molecule has 0 fully saturated rings. The number of nitrogens with one attached hydrogen (secondary N) is 1. The molecule has 0 aliphatic heterocycles. The van der Waals surface area contributed by atoms with Gasteiger partial charge in [-0.05, 0) is 7.05 Å². The predicted octanol–water partition coefficient (Wildman–Crippen LogP) is -1.27. The number of nitrogens with zero attached hydrogens (tertiary/aromatic N) is 4. The van der Waals surface area contributed by atoms with Crippen molar-refractivity contribution in [3.05, 3.63) is 58.2 Å². The number of aliphatic carboxylic acids is 1. The standard InChI is InChI=1S/C5H4Cl2N2O.C5H5ClN2O2.C4H2Cl2O3.CH6N2.CH4.K.H2O/c1-9-5(10)4(7)3(6)2-8-9;1-8-5(10)4(6)3(9)2-7-8;5-2(1-7)3(6)4(8)9;1-3-2;;;/h2H,1H3;2,9H,1H3;1H,(H,8,9);3H,2H2,1H3;1H4;;1H2/q;;;;;+1;/p-1/b;;3-2-;;;;. The SMILES string of the molecule is C.CNN.Cn1ncc(Cl)c(Cl)c1=O.Cn1ncc(O)c(Cl)c1=O.O=C/C(Cl)=C(/Cl)C(=O)O.[K+].[OH-]. The van der Waals surface area contributed by atoms with E-state index < -0.39 is 21.6 Å². The number of hydrogen-bond acceptors (Lipinski definition) is 10. The van der Waals surface area contributed by atoms with Crippen LogP contribution in [-0.2, 0) is 23.7 Å². The van der Waals surface area contributed by atoms with Crippen LogP contribution < -0.4 is 73.8 Å². The minimum atomic E-state index is -1.41. The number of carbonyl (C=O) groups is 2. The minimum Gasteiger partial charge on any atom is -0.870 e. The second-order valence-corrected chi connectivity index (χ2v) is 6.83. The van der Waals surface area contributed by atoms with Gasteiger partial charge in [0.2, 0.25) is 0 Å². The molecule has 0 amide bonds. The van der Waals surface area contributed by atoms with E-state index in [2.05, 4.69) is 21.5 Å². The molecule has 0 unspecified atom stereocenters. The maximum atomic E-state index is 10.9. The molecule has 0 aliphatic rings. The van der Waals surface area contributed by atoms with E-state index in [4.69, 9.17) is 68.2 Å². The topological polar surface area (TPSA) is 212 Å². The van der Waals surface area contributed by atoms with Gasteiger partial charge in [-0.25, -0.2) is 14.2 Å². The van der Waals surface area contributed by atoms with Gasteiger partial charge in [0, 0.05) is 14.1 Å². The van der Waals surface area contributed by atoms with Gasteiger partial charge in [-0.15, -0.1) is 0 Å². The van der Waals surface area contributed by atoms with Crippen LogP contribution in [0.4, 0.5) is 0 Å². The number of hydrogen-bond donors (Lipinski definition) is 4. The van der Waals surface area contributed by atoms with E-state index in [1.54, 1.807) is 7.05 Å². The van der Waals surface area contributed by atoms with Crippen molar-refractivity contribution in [2.45, 2.75) is 7.43 Å². The van der Waals surface area contributed by atoms with Gasteiger partial charge in [0.05, 0.1) is 17.4 Å². The fourth-order valence-corrected chi connectivity index (χ4v) is 1.74. The van der Waals surface area contributed by atoms with E-state index in [-0.39, 0.29) is 97.0 Å². The number of carboxylic acids is 1. The summed E-state index contributed by atoms with van der Waals surface area (Å²) in [5, 5.41) is 22.8. The monoisotopic (exact) mass is 624 g/mol. The van der Waals surface area contributed by atoms with Crippen LogP contribution in [-0.4, -0.2) is 54.6 Å². The van der Waals surface area contributed by atoms with Gasteiger partial charge in [-0.3, -0.25) is 25.7 Å². The third-order valence-electron chi connectivity index (χ3n) is 2.60. The van der Waals surface area contributed by atoms with E-state index in [1.165, 1.54) is 20.3 Å². The maximum Gasteiger partial charge on any atom is 1.00 e. The van der Waals surface area contributed by atoms with Crippen molar-refractivity contribution in [2.75, 3.05) is 7.05 Å². The summed E-state index contributed by atoms with van der Waals surface area (Å²) >= 11 is 26.3. The molecule has 0 aromatic carbocycles. The number of carboxylic acid groups (broad SMARTS) is 1. The minimum absolute atomic E-state index is 0. The fourth-order valence-electron chi connectivity index (χ4n) is 1.15. The summed E-state index contributed by atoms with van der Waals surface area (Å²) in [6.45, 7) is 0. The number of rotatable bonds is 2. The molecule has 2 aromatic heterocycles. The second kappa shape index (κ2) is 23.8. The number of aromatic hydroxyl groups is 1. The first kappa shape index (κ1) is 44.4. The molecule has 2 aromatic rings. The molecule has 2 rings (SSSR count). The number of carbonyl (C=O) groups excluding carboxylic acids is 1. The quantitative estimate of drug-likeness (QED) is 0.101. The summed E-state index contributed by atoms with van der Waals surface area (Å²) in [5.41, 5.74) is 1.37. The first-order valence-corrected chi connectivity index (χ1v) is 9.54. The second-order valence-electron chi connectivity index (χ2n) is 4.88. The van der Waals surface area contributed by atoms with Gasteiger partial charge >= 0.3 is 57.4 Å². The van der Waals surface area contributed by atoms with Crippen LogP contribution in [0.5, 0.6) is 5.75 Å². The summed E-state index contributed by atoms with van der Waals surface area (Å²) in [7, 11) is 4.61. The third kappa shape index (κ3) is 17.5. The van der Waals surface area contributed by atoms with E-state index >= 15 is 0 Å². The van der Waals surface area contributed by atoms with Crippen molar-refractivity contribution in [2.24, 2.45) is 19.9 Å². The van der Waals surface area contributed by atoms with Crippen molar-refractivity contribution in [3.63, 3.8) is 0 Å². The van der Waals surface area contributed by atoms with Crippen LogP contribution in [0.25, 0.3) is 0 Å². The van der Waals surface area contributed by atoms with E-state index in [1.807, 2.05) is 0 Å².